The molecule has 94 valence electrons. The molecule has 0 aliphatic carbocycles. The van der Waals surface area contributed by atoms with Crippen molar-refractivity contribution in [2.75, 3.05) is 0 Å². The van der Waals surface area contributed by atoms with Crippen molar-refractivity contribution in [2.45, 2.75) is 18.6 Å². The number of thiophene rings is 1. The number of aryl methyl sites for hydroxylation is 1. The van der Waals surface area contributed by atoms with Crippen molar-refractivity contribution in [3.63, 3.8) is 0 Å². The van der Waals surface area contributed by atoms with Crippen LogP contribution in [-0.2, 0) is 11.2 Å². The molecule has 0 aliphatic heterocycles. The minimum atomic E-state index is -1.01. The van der Waals surface area contributed by atoms with E-state index in [0.717, 1.165) is 16.6 Å². The fraction of sp³-hybridized carbons (Fsp3) is 0.182. The molecule has 0 saturated heterocycles. The molecule has 0 aromatic carbocycles. The van der Waals surface area contributed by atoms with E-state index < -0.39 is 5.97 Å². The number of aliphatic carboxylic acids is 1. The maximum absolute atomic E-state index is 11.1. The fourth-order valence-electron chi connectivity index (χ4n) is 1.15. The van der Waals surface area contributed by atoms with Crippen molar-refractivity contribution in [1.29, 1.82) is 0 Å². The molecule has 0 aliphatic rings. The van der Waals surface area contributed by atoms with Crippen LogP contribution in [-0.4, -0.2) is 21.3 Å². The van der Waals surface area contributed by atoms with E-state index in [1.165, 1.54) is 11.3 Å². The molecule has 0 amide bonds. The molecular weight excluding hydrogens is 272 g/mol. The van der Waals surface area contributed by atoms with Gasteiger partial charge in [0, 0.05) is 11.3 Å². The van der Waals surface area contributed by atoms with Gasteiger partial charge in [-0.25, -0.2) is 4.79 Å². The lowest BCUT2D eigenvalue weighted by Gasteiger charge is -1.96. The molecule has 0 bridgehead atoms. The predicted octanol–water partition coefficient (Wildman–Crippen LogP) is 2.91. The zero-order valence-corrected chi connectivity index (χ0v) is 11.1. The number of hydrogen-bond donors (Lipinski definition) is 1. The molecule has 1 N–H and O–H groups in total. The van der Waals surface area contributed by atoms with E-state index in [1.807, 2.05) is 24.4 Å². The Bertz CT molecular complexity index is 561. The summed E-state index contributed by atoms with van der Waals surface area (Å²) in [4.78, 5) is 12.2. The third-order valence-corrected chi connectivity index (χ3v) is 3.65. The summed E-state index contributed by atoms with van der Waals surface area (Å²) >= 11 is 2.43. The summed E-state index contributed by atoms with van der Waals surface area (Å²) in [6, 6.07) is 3.71. The Balaban J connectivity index is 2.19. The van der Waals surface area contributed by atoms with Gasteiger partial charge in [-0.1, -0.05) is 13.0 Å². The summed E-state index contributed by atoms with van der Waals surface area (Å²) in [5.41, 5.74) is 0. The Morgan fingerprint density at radius 1 is 1.61 bits per heavy atom. The quantitative estimate of drug-likeness (QED) is 0.671. The van der Waals surface area contributed by atoms with E-state index in [9.17, 15) is 4.79 Å². The molecule has 0 fully saturated rings. The van der Waals surface area contributed by atoms with Crippen LogP contribution in [0.5, 0.6) is 0 Å². The third kappa shape index (κ3) is 3.21. The van der Waals surface area contributed by atoms with Crippen LogP contribution in [0, 0.1) is 0 Å². The molecule has 18 heavy (non-hydrogen) atoms. The summed E-state index contributed by atoms with van der Waals surface area (Å²) in [5.74, 6) is -0.511. The molecule has 7 heteroatoms. The Morgan fingerprint density at radius 3 is 3.00 bits per heavy atom. The van der Waals surface area contributed by atoms with Gasteiger partial charge in [0.25, 0.3) is 5.22 Å². The second-order valence-electron chi connectivity index (χ2n) is 3.25. The van der Waals surface area contributed by atoms with E-state index >= 15 is 0 Å². The molecule has 2 heterocycles. The highest BCUT2D eigenvalue weighted by atomic mass is 32.2. The minimum Gasteiger partial charge on any atom is -0.477 e. The van der Waals surface area contributed by atoms with Gasteiger partial charge in [0.1, 0.15) is 4.91 Å². The second-order valence-corrected chi connectivity index (χ2v) is 5.22. The number of hydrogen-bond acceptors (Lipinski definition) is 6. The highest BCUT2D eigenvalue weighted by Crippen LogP contribution is 2.28. The van der Waals surface area contributed by atoms with Crippen LogP contribution < -0.4 is 0 Å². The fourth-order valence-corrected chi connectivity index (χ4v) is 2.57. The molecule has 2 rings (SSSR count). The highest BCUT2D eigenvalue weighted by molar-refractivity contribution is 8.03. The molecule has 0 unspecified atom stereocenters. The van der Waals surface area contributed by atoms with Gasteiger partial charge in [0.2, 0.25) is 5.89 Å². The first kappa shape index (κ1) is 12.8. The van der Waals surface area contributed by atoms with Crippen molar-refractivity contribution in [3.8, 4) is 0 Å². The molecule has 5 nitrogen and oxygen atoms in total. The van der Waals surface area contributed by atoms with Gasteiger partial charge in [-0.05, 0) is 29.3 Å². The van der Waals surface area contributed by atoms with Gasteiger partial charge in [-0.3, -0.25) is 0 Å². The van der Waals surface area contributed by atoms with Gasteiger partial charge in [0.15, 0.2) is 0 Å². The Hall–Kier alpha value is -1.60. The first-order valence-corrected chi connectivity index (χ1v) is 6.87. The summed E-state index contributed by atoms with van der Waals surface area (Å²) < 4.78 is 5.27. The first-order chi connectivity index (χ1) is 8.69. The van der Waals surface area contributed by atoms with Crippen molar-refractivity contribution in [3.05, 3.63) is 33.2 Å². The van der Waals surface area contributed by atoms with Crippen LogP contribution in [0.1, 0.15) is 17.7 Å². The molecule has 0 radical (unpaired) electrons. The zero-order valence-electron chi connectivity index (χ0n) is 9.49. The Morgan fingerprint density at radius 2 is 2.44 bits per heavy atom. The van der Waals surface area contributed by atoms with Crippen molar-refractivity contribution < 1.29 is 14.3 Å². The number of carbonyl (C=O) groups is 1. The Kier molecular flexibility index (Phi) is 4.16. The maximum atomic E-state index is 11.1. The number of thioether (sulfide) groups is 1. The van der Waals surface area contributed by atoms with Gasteiger partial charge < -0.3 is 9.52 Å². The number of carboxylic acids is 1. The topological polar surface area (TPSA) is 76.2 Å². The lowest BCUT2D eigenvalue weighted by Crippen LogP contribution is -1.96. The van der Waals surface area contributed by atoms with Gasteiger partial charge >= 0.3 is 5.97 Å². The summed E-state index contributed by atoms with van der Waals surface area (Å²) in [5, 5.41) is 18.8. The van der Waals surface area contributed by atoms with E-state index in [0.29, 0.717) is 12.3 Å². The number of aromatic nitrogens is 2. The number of nitrogens with zero attached hydrogens (tertiary/aromatic N) is 2. The Labute approximate surface area is 112 Å². The van der Waals surface area contributed by atoms with Crippen LogP contribution in [0.25, 0.3) is 6.08 Å². The van der Waals surface area contributed by atoms with Crippen LogP contribution in [0.2, 0.25) is 0 Å². The third-order valence-electron chi connectivity index (χ3n) is 1.98. The highest BCUT2D eigenvalue weighted by Gasteiger charge is 2.14. The molecular formula is C11H10N2O3S2. The van der Waals surface area contributed by atoms with Crippen LogP contribution in [0.4, 0.5) is 0 Å². The monoisotopic (exact) mass is 282 g/mol. The van der Waals surface area contributed by atoms with E-state index in [1.54, 1.807) is 6.08 Å². The molecule has 2 aromatic rings. The summed E-state index contributed by atoms with van der Waals surface area (Å²) in [7, 11) is 0. The predicted molar refractivity (Wildman–Crippen MR) is 69.5 cm³/mol. The zero-order chi connectivity index (χ0) is 13.0. The minimum absolute atomic E-state index is 0.156. The van der Waals surface area contributed by atoms with E-state index in [4.69, 9.17) is 9.52 Å². The van der Waals surface area contributed by atoms with E-state index in [2.05, 4.69) is 10.2 Å². The lowest BCUT2D eigenvalue weighted by molar-refractivity contribution is -0.131. The summed E-state index contributed by atoms with van der Waals surface area (Å²) in [6.07, 6.45) is 2.22. The van der Waals surface area contributed by atoms with Gasteiger partial charge in [0.05, 0.1) is 0 Å². The number of rotatable bonds is 5. The standard InChI is InChI=1S/C11H10N2O3S2/c1-2-9-12-13-11(16-9)18-8(10(14)15)6-7-4-3-5-17-7/h3-6H,2H2,1H3,(H,14,15)/b8-6+. The van der Waals surface area contributed by atoms with E-state index in [-0.39, 0.29) is 10.1 Å². The van der Waals surface area contributed by atoms with Gasteiger partial charge in [-0.2, -0.15) is 0 Å². The maximum Gasteiger partial charge on any atom is 0.342 e. The first-order valence-electron chi connectivity index (χ1n) is 5.17. The van der Waals surface area contributed by atoms with Crippen molar-refractivity contribution in [1.82, 2.24) is 10.2 Å². The average molecular weight is 282 g/mol. The average Bonchev–Trinajstić information content (AvgIpc) is 2.99. The molecule has 0 spiro atoms. The smallest absolute Gasteiger partial charge is 0.342 e. The SMILES string of the molecule is CCc1nnc(S/C(=C/c2cccs2)C(=O)O)o1. The summed E-state index contributed by atoms with van der Waals surface area (Å²) in [6.45, 7) is 1.89. The van der Waals surface area contributed by atoms with Crippen molar-refractivity contribution >= 4 is 35.1 Å². The number of carboxylic acid groups (broad SMARTS) is 1. The molecule has 2 aromatic heterocycles. The van der Waals surface area contributed by atoms with Gasteiger partial charge in [-0.15, -0.1) is 21.5 Å². The molecule has 0 saturated carbocycles. The lowest BCUT2D eigenvalue weighted by atomic mass is 10.4. The largest absolute Gasteiger partial charge is 0.477 e. The normalized spacial score (nSPS) is 11.7. The van der Waals surface area contributed by atoms with Crippen LogP contribution >= 0.6 is 23.1 Å². The second kappa shape index (κ2) is 5.83. The van der Waals surface area contributed by atoms with Crippen molar-refractivity contribution in [2.24, 2.45) is 0 Å². The molecule has 0 atom stereocenters. The van der Waals surface area contributed by atoms with Crippen LogP contribution in [0.15, 0.2) is 32.1 Å². The van der Waals surface area contributed by atoms with Crippen LogP contribution in [0.3, 0.4) is 0 Å².